The number of hydrogen-bond donors (Lipinski definition) is 2. The molecule has 4 nitrogen and oxygen atoms in total. The normalized spacial score (nSPS) is 18.8. The molecule has 0 heterocycles. The maximum atomic E-state index is 11.8. The average Bonchev–Trinajstić information content (AvgIpc) is 3.06. The number of carbonyl (C=O) groups excluding carboxylic acids is 1. The summed E-state index contributed by atoms with van der Waals surface area (Å²) in [5.41, 5.74) is -0.688. The molecule has 1 atom stereocenters. The molecule has 118 valence electrons. The molecular formula is C16H31NO3. The summed E-state index contributed by atoms with van der Waals surface area (Å²) in [6, 6.07) is 0. The molecule has 0 radical (unpaired) electrons. The maximum Gasteiger partial charge on any atom is 0.407 e. The van der Waals surface area contributed by atoms with E-state index < -0.39 is 11.7 Å². The molecule has 2 N–H and O–H groups in total. The highest BCUT2D eigenvalue weighted by Gasteiger charge is 2.37. The van der Waals surface area contributed by atoms with Gasteiger partial charge in [-0.25, -0.2) is 4.79 Å². The van der Waals surface area contributed by atoms with Crippen LogP contribution in [0.2, 0.25) is 0 Å². The fourth-order valence-corrected chi connectivity index (χ4v) is 2.79. The first-order valence-corrected chi connectivity index (χ1v) is 7.73. The summed E-state index contributed by atoms with van der Waals surface area (Å²) < 4.78 is 5.27. The van der Waals surface area contributed by atoms with Gasteiger partial charge in [0.1, 0.15) is 5.60 Å². The van der Waals surface area contributed by atoms with Crippen molar-refractivity contribution in [2.75, 3.05) is 13.2 Å². The summed E-state index contributed by atoms with van der Waals surface area (Å²) in [4.78, 5) is 11.8. The van der Waals surface area contributed by atoms with Crippen LogP contribution in [0.15, 0.2) is 0 Å². The first kappa shape index (κ1) is 17.3. The van der Waals surface area contributed by atoms with Gasteiger partial charge < -0.3 is 15.2 Å². The molecule has 0 saturated heterocycles. The van der Waals surface area contributed by atoms with Gasteiger partial charge in [0.2, 0.25) is 0 Å². The number of hydrogen-bond acceptors (Lipinski definition) is 3. The van der Waals surface area contributed by atoms with Gasteiger partial charge in [0.05, 0.1) is 6.61 Å². The Labute approximate surface area is 123 Å². The molecule has 1 aliphatic carbocycles. The molecule has 0 bridgehead atoms. The minimum absolute atomic E-state index is 0.122. The van der Waals surface area contributed by atoms with Gasteiger partial charge in [-0.3, -0.25) is 0 Å². The Morgan fingerprint density at radius 2 is 1.95 bits per heavy atom. The van der Waals surface area contributed by atoms with Crippen molar-refractivity contribution in [2.24, 2.45) is 17.3 Å². The van der Waals surface area contributed by atoms with E-state index in [1.165, 1.54) is 12.8 Å². The fraction of sp³-hybridized carbons (Fsp3) is 0.938. The smallest absolute Gasteiger partial charge is 0.407 e. The summed E-state index contributed by atoms with van der Waals surface area (Å²) in [5.74, 6) is 1.22. The predicted molar refractivity (Wildman–Crippen MR) is 80.6 cm³/mol. The first-order chi connectivity index (χ1) is 9.16. The molecule has 1 rings (SSSR count). The standard InChI is InChI=1S/C16H31NO3/c1-12(2)8-16(11-18,9-13-6-7-13)10-17-14(19)20-15(3,4)5/h12-13,18H,6-11H2,1-5H3,(H,17,19). The Hall–Kier alpha value is -0.770. The van der Waals surface area contributed by atoms with E-state index in [9.17, 15) is 9.90 Å². The van der Waals surface area contributed by atoms with E-state index in [1.807, 2.05) is 20.8 Å². The molecule has 0 aromatic heterocycles. The Kier molecular flexibility index (Phi) is 5.87. The van der Waals surface area contributed by atoms with Crippen molar-refractivity contribution in [3.05, 3.63) is 0 Å². The molecule has 0 spiro atoms. The fourth-order valence-electron chi connectivity index (χ4n) is 2.79. The highest BCUT2D eigenvalue weighted by atomic mass is 16.6. The molecule has 1 unspecified atom stereocenters. The van der Waals surface area contributed by atoms with E-state index in [0.29, 0.717) is 12.5 Å². The van der Waals surface area contributed by atoms with Gasteiger partial charge >= 0.3 is 6.09 Å². The van der Waals surface area contributed by atoms with Crippen LogP contribution in [-0.2, 0) is 4.74 Å². The van der Waals surface area contributed by atoms with Crippen LogP contribution in [0.3, 0.4) is 0 Å². The quantitative estimate of drug-likeness (QED) is 0.754. The number of aliphatic hydroxyl groups excluding tert-OH is 1. The molecule has 0 aromatic carbocycles. The zero-order chi connectivity index (χ0) is 15.4. The third-order valence-electron chi connectivity index (χ3n) is 3.60. The lowest BCUT2D eigenvalue weighted by Gasteiger charge is -2.34. The van der Waals surface area contributed by atoms with E-state index >= 15 is 0 Å². The number of carbonyl (C=O) groups is 1. The number of rotatable bonds is 7. The molecule has 20 heavy (non-hydrogen) atoms. The summed E-state index contributed by atoms with van der Waals surface area (Å²) in [5, 5.41) is 12.7. The van der Waals surface area contributed by atoms with E-state index in [-0.39, 0.29) is 12.0 Å². The van der Waals surface area contributed by atoms with E-state index in [4.69, 9.17) is 4.74 Å². The van der Waals surface area contributed by atoms with Crippen LogP contribution in [0.25, 0.3) is 0 Å². The van der Waals surface area contributed by atoms with Crippen molar-refractivity contribution in [3.63, 3.8) is 0 Å². The zero-order valence-electron chi connectivity index (χ0n) is 13.7. The second-order valence-electron chi connectivity index (χ2n) is 7.76. The lowest BCUT2D eigenvalue weighted by Crippen LogP contribution is -2.43. The van der Waals surface area contributed by atoms with E-state index in [1.54, 1.807) is 0 Å². The molecule has 0 aromatic rings. The van der Waals surface area contributed by atoms with Crippen molar-refractivity contribution in [1.29, 1.82) is 0 Å². The monoisotopic (exact) mass is 285 g/mol. The summed E-state index contributed by atoms with van der Waals surface area (Å²) in [6.07, 6.45) is 4.04. The SMILES string of the molecule is CC(C)CC(CO)(CNC(=O)OC(C)(C)C)CC1CC1. The summed E-state index contributed by atoms with van der Waals surface area (Å²) >= 11 is 0. The highest BCUT2D eigenvalue weighted by Crippen LogP contribution is 2.43. The average molecular weight is 285 g/mol. The summed E-state index contributed by atoms with van der Waals surface area (Å²) in [7, 11) is 0. The molecule has 0 aliphatic heterocycles. The van der Waals surface area contributed by atoms with Crippen LogP contribution < -0.4 is 5.32 Å². The lowest BCUT2D eigenvalue weighted by atomic mass is 9.76. The Morgan fingerprint density at radius 3 is 2.35 bits per heavy atom. The lowest BCUT2D eigenvalue weighted by molar-refractivity contribution is 0.0415. The van der Waals surface area contributed by atoms with Crippen molar-refractivity contribution >= 4 is 6.09 Å². The van der Waals surface area contributed by atoms with Crippen molar-refractivity contribution in [1.82, 2.24) is 5.32 Å². The van der Waals surface area contributed by atoms with Crippen LogP contribution in [-0.4, -0.2) is 30.0 Å². The van der Waals surface area contributed by atoms with Crippen LogP contribution in [0, 0.1) is 17.3 Å². The van der Waals surface area contributed by atoms with Crippen LogP contribution in [0.5, 0.6) is 0 Å². The second-order valence-corrected chi connectivity index (χ2v) is 7.76. The van der Waals surface area contributed by atoms with E-state index in [0.717, 1.165) is 18.8 Å². The van der Waals surface area contributed by atoms with Crippen molar-refractivity contribution in [3.8, 4) is 0 Å². The number of ether oxygens (including phenoxy) is 1. The minimum Gasteiger partial charge on any atom is -0.444 e. The topological polar surface area (TPSA) is 58.6 Å². The molecule has 1 saturated carbocycles. The number of nitrogens with one attached hydrogen (secondary N) is 1. The predicted octanol–water partition coefficient (Wildman–Crippen LogP) is 3.34. The molecule has 4 heteroatoms. The van der Waals surface area contributed by atoms with Crippen LogP contribution in [0.4, 0.5) is 4.79 Å². The molecular weight excluding hydrogens is 254 g/mol. The van der Waals surface area contributed by atoms with E-state index in [2.05, 4.69) is 19.2 Å². The van der Waals surface area contributed by atoms with Gasteiger partial charge in [-0.1, -0.05) is 26.7 Å². The van der Waals surface area contributed by atoms with Gasteiger partial charge in [-0.15, -0.1) is 0 Å². The van der Waals surface area contributed by atoms with Crippen LogP contribution >= 0.6 is 0 Å². The third kappa shape index (κ3) is 6.60. The van der Waals surface area contributed by atoms with Gasteiger partial charge in [0.25, 0.3) is 0 Å². The zero-order valence-corrected chi connectivity index (χ0v) is 13.7. The molecule has 1 aliphatic rings. The van der Waals surface area contributed by atoms with Gasteiger partial charge in [0, 0.05) is 12.0 Å². The van der Waals surface area contributed by atoms with Gasteiger partial charge in [-0.05, 0) is 45.4 Å². The molecule has 1 fully saturated rings. The first-order valence-electron chi connectivity index (χ1n) is 7.73. The number of aliphatic hydroxyl groups is 1. The van der Waals surface area contributed by atoms with Crippen molar-refractivity contribution < 1.29 is 14.6 Å². The minimum atomic E-state index is -0.486. The van der Waals surface area contributed by atoms with Gasteiger partial charge in [-0.2, -0.15) is 0 Å². The van der Waals surface area contributed by atoms with Gasteiger partial charge in [0.15, 0.2) is 0 Å². The third-order valence-corrected chi connectivity index (χ3v) is 3.60. The highest BCUT2D eigenvalue weighted by molar-refractivity contribution is 5.67. The number of alkyl carbamates (subject to hydrolysis) is 1. The Bertz CT molecular complexity index is 312. The Morgan fingerprint density at radius 1 is 1.35 bits per heavy atom. The second kappa shape index (κ2) is 6.79. The summed E-state index contributed by atoms with van der Waals surface area (Å²) in [6.45, 7) is 10.5. The molecule has 1 amide bonds. The largest absolute Gasteiger partial charge is 0.444 e. The van der Waals surface area contributed by atoms with Crippen LogP contribution in [0.1, 0.15) is 60.3 Å². The Balaban J connectivity index is 2.56. The number of amides is 1. The maximum absolute atomic E-state index is 11.8. The van der Waals surface area contributed by atoms with Crippen molar-refractivity contribution in [2.45, 2.75) is 65.9 Å².